The van der Waals surface area contributed by atoms with Gasteiger partial charge in [-0.25, -0.2) is 0 Å². The van der Waals surface area contributed by atoms with Crippen molar-refractivity contribution in [1.82, 2.24) is 15.1 Å². The summed E-state index contributed by atoms with van der Waals surface area (Å²) in [7, 11) is 2.05. The molecule has 1 amide bonds. The van der Waals surface area contributed by atoms with Gasteiger partial charge in [0, 0.05) is 31.7 Å². The van der Waals surface area contributed by atoms with Crippen LogP contribution in [0.25, 0.3) is 0 Å². The lowest BCUT2D eigenvalue weighted by atomic mass is 10.1. The maximum atomic E-state index is 12.1. The molecular formula is C13H25N3O2. The first-order valence-corrected chi connectivity index (χ1v) is 7.00. The normalized spacial score (nSPS) is 25.9. The molecule has 2 fully saturated rings. The molecule has 0 aromatic rings. The van der Waals surface area contributed by atoms with E-state index in [1.165, 1.54) is 0 Å². The highest BCUT2D eigenvalue weighted by molar-refractivity contribution is 5.78. The smallest absolute Gasteiger partial charge is 0.236 e. The monoisotopic (exact) mass is 255 g/mol. The standard InChI is InChI=1S/C13H25N3O2/c1-15(12-2-5-14-6-3-12)9-13(18)16-7-4-11(8-16)10-17/h11-12,14,17H,2-10H2,1H3/t11-/m1/s1. The molecule has 1 atom stereocenters. The van der Waals surface area contributed by atoms with Crippen LogP contribution in [0.1, 0.15) is 19.3 Å². The van der Waals surface area contributed by atoms with E-state index in [9.17, 15) is 4.79 Å². The fourth-order valence-corrected chi connectivity index (χ4v) is 2.90. The third kappa shape index (κ3) is 3.43. The summed E-state index contributed by atoms with van der Waals surface area (Å²) >= 11 is 0. The summed E-state index contributed by atoms with van der Waals surface area (Å²) in [5.74, 6) is 0.505. The lowest BCUT2D eigenvalue weighted by molar-refractivity contribution is -0.131. The van der Waals surface area contributed by atoms with Crippen LogP contribution in [0.2, 0.25) is 0 Å². The zero-order chi connectivity index (χ0) is 13.0. The van der Waals surface area contributed by atoms with Gasteiger partial charge in [0.25, 0.3) is 0 Å². The minimum atomic E-state index is 0.202. The van der Waals surface area contributed by atoms with Crippen LogP contribution in [-0.2, 0) is 4.79 Å². The highest BCUT2D eigenvalue weighted by Gasteiger charge is 2.27. The number of nitrogens with one attached hydrogen (secondary N) is 1. The van der Waals surface area contributed by atoms with Gasteiger partial charge >= 0.3 is 0 Å². The Kier molecular flexibility index (Phi) is 4.97. The molecule has 2 heterocycles. The predicted molar refractivity (Wildman–Crippen MR) is 70.3 cm³/mol. The van der Waals surface area contributed by atoms with Gasteiger partial charge in [0.1, 0.15) is 0 Å². The number of carbonyl (C=O) groups excluding carboxylic acids is 1. The minimum Gasteiger partial charge on any atom is -0.396 e. The number of hydrogen-bond donors (Lipinski definition) is 2. The average Bonchev–Trinajstić information content (AvgIpc) is 2.88. The fourth-order valence-electron chi connectivity index (χ4n) is 2.90. The van der Waals surface area contributed by atoms with Crippen molar-refractivity contribution in [3.05, 3.63) is 0 Å². The van der Waals surface area contributed by atoms with Gasteiger partial charge in [-0.15, -0.1) is 0 Å². The summed E-state index contributed by atoms with van der Waals surface area (Å²) < 4.78 is 0. The van der Waals surface area contributed by atoms with Gasteiger partial charge in [0.2, 0.25) is 5.91 Å². The van der Waals surface area contributed by atoms with E-state index >= 15 is 0 Å². The zero-order valence-electron chi connectivity index (χ0n) is 11.3. The Hall–Kier alpha value is -0.650. The van der Waals surface area contributed by atoms with Gasteiger partial charge in [-0.2, -0.15) is 0 Å². The van der Waals surface area contributed by atoms with Gasteiger partial charge in [0.15, 0.2) is 0 Å². The molecule has 0 bridgehead atoms. The van der Waals surface area contributed by atoms with Crippen LogP contribution in [0.3, 0.4) is 0 Å². The number of likely N-dealkylation sites (tertiary alicyclic amines) is 1. The summed E-state index contributed by atoms with van der Waals surface area (Å²) in [6.45, 7) is 4.37. The molecule has 2 N–H and O–H groups in total. The van der Waals surface area contributed by atoms with Gasteiger partial charge in [-0.3, -0.25) is 9.69 Å². The van der Waals surface area contributed by atoms with E-state index in [0.717, 1.165) is 45.4 Å². The molecule has 5 nitrogen and oxygen atoms in total. The van der Waals surface area contributed by atoms with Gasteiger partial charge < -0.3 is 15.3 Å². The Morgan fingerprint density at radius 2 is 2.11 bits per heavy atom. The Morgan fingerprint density at radius 1 is 1.39 bits per heavy atom. The molecular weight excluding hydrogens is 230 g/mol. The van der Waals surface area contributed by atoms with Crippen LogP contribution in [0.4, 0.5) is 0 Å². The molecule has 0 unspecified atom stereocenters. The zero-order valence-corrected chi connectivity index (χ0v) is 11.3. The predicted octanol–water partition coefficient (Wildman–Crippen LogP) is -0.489. The molecule has 2 aliphatic rings. The van der Waals surface area contributed by atoms with Crippen molar-refractivity contribution >= 4 is 5.91 Å². The van der Waals surface area contributed by atoms with Crippen molar-refractivity contribution in [1.29, 1.82) is 0 Å². The van der Waals surface area contributed by atoms with Crippen molar-refractivity contribution in [2.24, 2.45) is 5.92 Å². The number of rotatable bonds is 4. The second-order valence-corrected chi connectivity index (χ2v) is 5.57. The van der Waals surface area contributed by atoms with E-state index < -0.39 is 0 Å². The number of amides is 1. The van der Waals surface area contributed by atoms with E-state index in [2.05, 4.69) is 10.2 Å². The number of nitrogens with zero attached hydrogens (tertiary/aromatic N) is 2. The van der Waals surface area contributed by atoms with Crippen LogP contribution in [0.5, 0.6) is 0 Å². The maximum Gasteiger partial charge on any atom is 0.236 e. The van der Waals surface area contributed by atoms with Crippen molar-refractivity contribution in [2.45, 2.75) is 25.3 Å². The quantitative estimate of drug-likeness (QED) is 0.712. The Morgan fingerprint density at radius 3 is 2.72 bits per heavy atom. The van der Waals surface area contributed by atoms with Crippen molar-refractivity contribution in [3.8, 4) is 0 Å². The number of piperidine rings is 1. The first-order chi connectivity index (χ1) is 8.70. The van der Waals surface area contributed by atoms with Gasteiger partial charge in [-0.05, 0) is 39.4 Å². The largest absolute Gasteiger partial charge is 0.396 e. The third-order valence-corrected chi connectivity index (χ3v) is 4.21. The minimum absolute atomic E-state index is 0.202. The van der Waals surface area contributed by atoms with E-state index in [1.807, 2.05) is 11.9 Å². The molecule has 0 aromatic heterocycles. The lowest BCUT2D eigenvalue weighted by Gasteiger charge is -2.32. The molecule has 104 valence electrons. The van der Waals surface area contributed by atoms with Gasteiger partial charge in [0.05, 0.1) is 6.54 Å². The number of carbonyl (C=O) groups is 1. The molecule has 0 saturated carbocycles. The summed E-state index contributed by atoms with van der Waals surface area (Å²) in [5, 5.41) is 12.4. The number of aliphatic hydroxyl groups excluding tert-OH is 1. The molecule has 2 saturated heterocycles. The topological polar surface area (TPSA) is 55.8 Å². The molecule has 0 spiro atoms. The average molecular weight is 255 g/mol. The molecule has 0 aromatic carbocycles. The summed E-state index contributed by atoms with van der Waals surface area (Å²) in [5.41, 5.74) is 0. The van der Waals surface area contributed by atoms with Crippen molar-refractivity contribution in [2.75, 3.05) is 46.4 Å². The maximum absolute atomic E-state index is 12.1. The Labute approximate surface area is 109 Å². The Balaban J connectivity index is 1.76. The molecule has 0 radical (unpaired) electrons. The molecule has 2 aliphatic heterocycles. The Bertz CT molecular complexity index is 279. The summed E-state index contributed by atoms with van der Waals surface area (Å²) in [6, 6.07) is 0.534. The van der Waals surface area contributed by atoms with E-state index in [1.54, 1.807) is 0 Å². The molecule has 0 aliphatic carbocycles. The van der Waals surface area contributed by atoms with Crippen LogP contribution in [0, 0.1) is 5.92 Å². The molecule has 18 heavy (non-hydrogen) atoms. The highest BCUT2D eigenvalue weighted by Crippen LogP contribution is 2.16. The third-order valence-electron chi connectivity index (χ3n) is 4.21. The first kappa shape index (κ1) is 13.8. The van der Waals surface area contributed by atoms with Crippen LogP contribution >= 0.6 is 0 Å². The fraction of sp³-hybridized carbons (Fsp3) is 0.923. The van der Waals surface area contributed by atoms with Crippen LogP contribution in [-0.4, -0.2) is 73.2 Å². The molecule has 5 heteroatoms. The highest BCUT2D eigenvalue weighted by atomic mass is 16.3. The van der Waals surface area contributed by atoms with E-state index in [0.29, 0.717) is 12.6 Å². The van der Waals surface area contributed by atoms with Crippen LogP contribution < -0.4 is 5.32 Å². The lowest BCUT2D eigenvalue weighted by Crippen LogP contribution is -2.46. The SMILES string of the molecule is CN(CC(=O)N1CC[C@@H](CO)C1)C1CCNCC1. The summed E-state index contributed by atoms with van der Waals surface area (Å²) in [4.78, 5) is 16.2. The van der Waals surface area contributed by atoms with E-state index in [-0.39, 0.29) is 18.4 Å². The number of hydrogen-bond acceptors (Lipinski definition) is 4. The number of aliphatic hydroxyl groups is 1. The second kappa shape index (κ2) is 6.50. The van der Waals surface area contributed by atoms with Crippen LogP contribution in [0.15, 0.2) is 0 Å². The van der Waals surface area contributed by atoms with E-state index in [4.69, 9.17) is 5.11 Å². The van der Waals surface area contributed by atoms with Gasteiger partial charge in [-0.1, -0.05) is 0 Å². The molecule has 2 rings (SSSR count). The van der Waals surface area contributed by atoms with Crippen molar-refractivity contribution < 1.29 is 9.90 Å². The summed E-state index contributed by atoms with van der Waals surface area (Å²) in [6.07, 6.45) is 3.20. The van der Waals surface area contributed by atoms with Crippen molar-refractivity contribution in [3.63, 3.8) is 0 Å². The first-order valence-electron chi connectivity index (χ1n) is 7.00. The number of likely N-dealkylation sites (N-methyl/N-ethyl adjacent to an activating group) is 1. The second-order valence-electron chi connectivity index (χ2n) is 5.57.